The first-order valence-corrected chi connectivity index (χ1v) is 9.41. The molecule has 0 spiro atoms. The van der Waals surface area contributed by atoms with Crippen LogP contribution in [0.15, 0.2) is 36.9 Å². The fourth-order valence-electron chi connectivity index (χ4n) is 2.87. The Kier molecular flexibility index (Phi) is 8.87. The molecule has 1 aliphatic rings. The van der Waals surface area contributed by atoms with Gasteiger partial charge in [0.1, 0.15) is 6.61 Å². The highest BCUT2D eigenvalue weighted by Crippen LogP contribution is 2.28. The van der Waals surface area contributed by atoms with Gasteiger partial charge in [0.2, 0.25) is 5.91 Å². The maximum absolute atomic E-state index is 12.0. The summed E-state index contributed by atoms with van der Waals surface area (Å²) in [5.41, 5.74) is 0.880. The molecule has 0 aliphatic carbocycles. The van der Waals surface area contributed by atoms with Crippen LogP contribution < -0.4 is 14.8 Å². The van der Waals surface area contributed by atoms with Crippen LogP contribution in [0.25, 0.3) is 6.08 Å². The molecular weight excluding hydrogens is 342 g/mol. The molecule has 27 heavy (non-hydrogen) atoms. The molecule has 0 saturated carbocycles. The summed E-state index contributed by atoms with van der Waals surface area (Å²) in [6, 6.07) is 5.56. The summed E-state index contributed by atoms with van der Waals surface area (Å²) >= 11 is 0. The highest BCUT2D eigenvalue weighted by molar-refractivity contribution is 5.91. The number of piperazine rings is 1. The van der Waals surface area contributed by atoms with E-state index in [1.165, 1.54) is 0 Å². The first kappa shape index (κ1) is 21.0. The van der Waals surface area contributed by atoms with Crippen LogP contribution in [0.2, 0.25) is 0 Å². The lowest BCUT2D eigenvalue weighted by Gasteiger charge is -2.32. The molecule has 1 heterocycles. The molecule has 0 bridgehead atoms. The van der Waals surface area contributed by atoms with Crippen molar-refractivity contribution in [3.8, 4) is 11.5 Å². The van der Waals surface area contributed by atoms with Gasteiger partial charge in [-0.25, -0.2) is 0 Å². The zero-order valence-electron chi connectivity index (χ0n) is 16.4. The average Bonchev–Trinajstić information content (AvgIpc) is 2.69. The number of nitrogens with zero attached hydrogens (tertiary/aromatic N) is 2. The van der Waals surface area contributed by atoms with E-state index < -0.39 is 0 Å². The Morgan fingerprint density at radius 1 is 1.26 bits per heavy atom. The molecular formula is C21H31N3O3. The molecule has 2 rings (SSSR count). The van der Waals surface area contributed by atoms with Crippen molar-refractivity contribution in [2.75, 3.05) is 60.0 Å². The van der Waals surface area contributed by atoms with E-state index in [9.17, 15) is 4.79 Å². The summed E-state index contributed by atoms with van der Waals surface area (Å²) < 4.78 is 10.9. The van der Waals surface area contributed by atoms with Gasteiger partial charge in [0, 0.05) is 38.8 Å². The maximum atomic E-state index is 12.0. The number of amides is 1. The third kappa shape index (κ3) is 7.45. The Labute approximate surface area is 162 Å². The summed E-state index contributed by atoms with van der Waals surface area (Å²) in [5, 5.41) is 2.94. The second-order valence-corrected chi connectivity index (χ2v) is 6.63. The molecule has 148 valence electrons. The second kappa shape index (κ2) is 11.4. The molecule has 0 unspecified atom stereocenters. The van der Waals surface area contributed by atoms with Gasteiger partial charge in [-0.3, -0.25) is 4.79 Å². The summed E-state index contributed by atoms with van der Waals surface area (Å²) in [6.45, 7) is 10.2. The SMILES string of the molecule is C=CCOc1ccc(C=CC(=O)NCCCN2CCN(C)CC2)cc1OC. The predicted octanol–water partition coefficient (Wildman–Crippen LogP) is 2.03. The van der Waals surface area contributed by atoms with E-state index in [0.29, 0.717) is 24.7 Å². The smallest absolute Gasteiger partial charge is 0.243 e. The van der Waals surface area contributed by atoms with E-state index in [2.05, 4.69) is 28.7 Å². The van der Waals surface area contributed by atoms with E-state index in [-0.39, 0.29) is 5.91 Å². The number of carbonyl (C=O) groups excluding carboxylic acids is 1. The largest absolute Gasteiger partial charge is 0.493 e. The van der Waals surface area contributed by atoms with Gasteiger partial charge in [-0.15, -0.1) is 0 Å². The number of ether oxygens (including phenoxy) is 2. The molecule has 0 aromatic heterocycles. The fraction of sp³-hybridized carbons (Fsp3) is 0.476. The lowest BCUT2D eigenvalue weighted by Crippen LogP contribution is -2.45. The van der Waals surface area contributed by atoms with Crippen molar-refractivity contribution in [1.82, 2.24) is 15.1 Å². The normalized spacial score (nSPS) is 15.6. The number of hydrogen-bond acceptors (Lipinski definition) is 5. The van der Waals surface area contributed by atoms with E-state index in [4.69, 9.17) is 9.47 Å². The molecule has 1 amide bonds. The van der Waals surface area contributed by atoms with Gasteiger partial charge >= 0.3 is 0 Å². The van der Waals surface area contributed by atoms with Gasteiger partial charge in [-0.1, -0.05) is 18.7 Å². The van der Waals surface area contributed by atoms with Gasteiger partial charge < -0.3 is 24.6 Å². The third-order valence-corrected chi connectivity index (χ3v) is 4.52. The molecule has 1 aromatic carbocycles. The van der Waals surface area contributed by atoms with Gasteiger partial charge in [0.25, 0.3) is 0 Å². The molecule has 0 radical (unpaired) electrons. The first-order valence-electron chi connectivity index (χ1n) is 9.41. The van der Waals surface area contributed by atoms with Gasteiger partial charge in [0.05, 0.1) is 7.11 Å². The standard InChI is InChI=1S/C21H31N3O3/c1-4-16-27-19-8-6-18(17-20(19)26-3)7-9-21(25)22-10-5-11-24-14-12-23(2)13-15-24/h4,6-9,17H,1,5,10-16H2,2-3H3,(H,22,25). The van der Waals surface area contributed by atoms with Crippen LogP contribution in [0, 0.1) is 0 Å². The monoisotopic (exact) mass is 373 g/mol. The molecule has 0 atom stereocenters. The van der Waals surface area contributed by atoms with Crippen molar-refractivity contribution in [3.63, 3.8) is 0 Å². The number of carbonyl (C=O) groups is 1. The maximum Gasteiger partial charge on any atom is 0.243 e. The Hall–Kier alpha value is -2.31. The van der Waals surface area contributed by atoms with Crippen LogP contribution in [0.4, 0.5) is 0 Å². The van der Waals surface area contributed by atoms with Crippen molar-refractivity contribution in [3.05, 3.63) is 42.5 Å². The molecule has 1 fully saturated rings. The third-order valence-electron chi connectivity index (χ3n) is 4.52. The van der Waals surface area contributed by atoms with E-state index in [1.54, 1.807) is 25.3 Å². The summed E-state index contributed by atoms with van der Waals surface area (Å²) in [4.78, 5) is 16.8. The van der Waals surface area contributed by atoms with Crippen molar-refractivity contribution < 1.29 is 14.3 Å². The molecule has 1 aliphatic heterocycles. The van der Waals surface area contributed by atoms with Gasteiger partial charge in [-0.2, -0.15) is 0 Å². The average molecular weight is 373 g/mol. The number of hydrogen-bond donors (Lipinski definition) is 1. The number of benzene rings is 1. The zero-order valence-corrected chi connectivity index (χ0v) is 16.4. The number of rotatable bonds is 10. The van der Waals surface area contributed by atoms with Gasteiger partial charge in [-0.05, 0) is 43.8 Å². The Morgan fingerprint density at radius 2 is 2.04 bits per heavy atom. The minimum atomic E-state index is -0.0840. The second-order valence-electron chi connectivity index (χ2n) is 6.63. The molecule has 6 nitrogen and oxygen atoms in total. The van der Waals surface area contributed by atoms with Crippen molar-refractivity contribution in [2.45, 2.75) is 6.42 Å². The number of likely N-dealkylation sites (N-methyl/N-ethyl adjacent to an activating group) is 1. The van der Waals surface area contributed by atoms with E-state index in [0.717, 1.165) is 44.7 Å². The van der Waals surface area contributed by atoms with Crippen LogP contribution in [-0.4, -0.2) is 75.7 Å². The van der Waals surface area contributed by atoms with Crippen molar-refractivity contribution >= 4 is 12.0 Å². The zero-order chi connectivity index (χ0) is 19.5. The number of methoxy groups -OCH3 is 1. The summed E-state index contributed by atoms with van der Waals surface area (Å²) in [6.07, 6.45) is 5.97. The first-order chi connectivity index (χ1) is 13.1. The molecule has 6 heteroatoms. The highest BCUT2D eigenvalue weighted by Gasteiger charge is 2.12. The lowest BCUT2D eigenvalue weighted by atomic mass is 10.2. The van der Waals surface area contributed by atoms with Crippen LogP contribution in [0.3, 0.4) is 0 Å². The molecule has 1 saturated heterocycles. The van der Waals surface area contributed by atoms with E-state index >= 15 is 0 Å². The highest BCUT2D eigenvalue weighted by atomic mass is 16.5. The van der Waals surface area contributed by atoms with Crippen LogP contribution in [-0.2, 0) is 4.79 Å². The Balaban J connectivity index is 1.73. The van der Waals surface area contributed by atoms with E-state index in [1.807, 2.05) is 18.2 Å². The van der Waals surface area contributed by atoms with Gasteiger partial charge in [0.15, 0.2) is 11.5 Å². The lowest BCUT2D eigenvalue weighted by molar-refractivity contribution is -0.116. The fourth-order valence-corrected chi connectivity index (χ4v) is 2.87. The topological polar surface area (TPSA) is 54.0 Å². The Bertz CT molecular complexity index is 638. The summed E-state index contributed by atoms with van der Waals surface area (Å²) in [7, 11) is 3.75. The van der Waals surface area contributed by atoms with Crippen molar-refractivity contribution in [1.29, 1.82) is 0 Å². The van der Waals surface area contributed by atoms with Crippen molar-refractivity contribution in [2.24, 2.45) is 0 Å². The molecule has 1 aromatic rings. The molecule has 1 N–H and O–H groups in total. The minimum absolute atomic E-state index is 0.0840. The minimum Gasteiger partial charge on any atom is -0.493 e. The quantitative estimate of drug-likeness (QED) is 0.386. The predicted molar refractivity (Wildman–Crippen MR) is 109 cm³/mol. The van der Waals surface area contributed by atoms with Crippen LogP contribution in [0.1, 0.15) is 12.0 Å². The summed E-state index contributed by atoms with van der Waals surface area (Å²) in [5.74, 6) is 1.20. The number of nitrogens with one attached hydrogen (secondary N) is 1. The van der Waals surface area contributed by atoms with Crippen LogP contribution in [0.5, 0.6) is 11.5 Å². The van der Waals surface area contributed by atoms with Crippen LogP contribution >= 0.6 is 0 Å². The Morgan fingerprint density at radius 3 is 2.74 bits per heavy atom.